The number of rotatable bonds is 7. The van der Waals surface area contributed by atoms with Crippen molar-refractivity contribution in [3.05, 3.63) is 88.6 Å². The molecule has 1 spiro atoms. The van der Waals surface area contributed by atoms with Crippen LogP contribution < -0.4 is 10.2 Å². The Hall–Kier alpha value is -3.65. The number of amides is 3. The molecule has 0 radical (unpaired) electrons. The molecular weight excluding hydrogens is 472 g/mol. The van der Waals surface area contributed by atoms with Gasteiger partial charge in [0.25, 0.3) is 11.8 Å². The van der Waals surface area contributed by atoms with E-state index in [0.29, 0.717) is 39.1 Å². The van der Waals surface area contributed by atoms with E-state index in [1.165, 1.54) is 11.3 Å². The van der Waals surface area contributed by atoms with Crippen molar-refractivity contribution in [3.8, 4) is 0 Å². The van der Waals surface area contributed by atoms with Crippen LogP contribution >= 0.6 is 11.3 Å². The van der Waals surface area contributed by atoms with Gasteiger partial charge in [0, 0.05) is 25.3 Å². The maximum Gasteiger partial charge on any atom is 0.263 e. The van der Waals surface area contributed by atoms with Gasteiger partial charge in [-0.3, -0.25) is 14.4 Å². The van der Waals surface area contributed by atoms with Crippen molar-refractivity contribution in [2.45, 2.75) is 24.8 Å². The van der Waals surface area contributed by atoms with E-state index >= 15 is 0 Å². The number of anilines is 1. The zero-order chi connectivity index (χ0) is 25.0. The number of hydrogen-bond acceptors (Lipinski definition) is 5. The van der Waals surface area contributed by atoms with E-state index < -0.39 is 5.54 Å². The van der Waals surface area contributed by atoms with Crippen LogP contribution in [0.4, 0.5) is 5.69 Å². The summed E-state index contributed by atoms with van der Waals surface area (Å²) in [6.07, 6.45) is 1.81. The summed E-state index contributed by atoms with van der Waals surface area (Å²) in [5.74, 6) is -0.173. The van der Waals surface area contributed by atoms with Crippen LogP contribution in [0.3, 0.4) is 0 Å². The Morgan fingerprint density at radius 2 is 1.61 bits per heavy atom. The Bertz CT molecular complexity index is 1190. The molecule has 0 aliphatic carbocycles. The first kappa shape index (κ1) is 24.1. The van der Waals surface area contributed by atoms with Gasteiger partial charge in [0.2, 0.25) is 5.91 Å². The zero-order valence-electron chi connectivity index (χ0n) is 20.1. The van der Waals surface area contributed by atoms with Gasteiger partial charge in [-0.05, 0) is 48.4 Å². The number of likely N-dealkylation sites (tertiary alicyclic amines) is 1. The average Bonchev–Trinajstić information content (AvgIpc) is 3.54. The van der Waals surface area contributed by atoms with E-state index in [4.69, 9.17) is 0 Å². The third kappa shape index (κ3) is 4.86. The number of benzene rings is 2. The Morgan fingerprint density at radius 1 is 0.917 bits per heavy atom. The van der Waals surface area contributed by atoms with Crippen molar-refractivity contribution in [3.63, 3.8) is 0 Å². The van der Waals surface area contributed by atoms with Crippen LogP contribution in [-0.4, -0.2) is 65.9 Å². The highest BCUT2D eigenvalue weighted by atomic mass is 32.1. The SMILES string of the molecule is O=C(CN1CN(c2ccccc2)C2(CCN(C(=O)c3cccs3)CC2)C1=O)NCCc1ccccc1. The van der Waals surface area contributed by atoms with Gasteiger partial charge in [-0.2, -0.15) is 0 Å². The molecule has 1 N–H and O–H groups in total. The standard InChI is InChI=1S/C28H30N4O3S/c33-25(29-16-13-22-8-3-1-4-9-22)20-31-21-32(23-10-5-2-6-11-23)28(27(31)35)14-17-30(18-15-28)26(34)24-12-7-19-36-24/h1-12,19H,13-18,20-21H2,(H,29,33). The van der Waals surface area contributed by atoms with Crippen LogP contribution in [0.5, 0.6) is 0 Å². The van der Waals surface area contributed by atoms with Crippen molar-refractivity contribution in [1.29, 1.82) is 0 Å². The molecule has 0 saturated carbocycles. The quantitative estimate of drug-likeness (QED) is 0.538. The van der Waals surface area contributed by atoms with E-state index in [-0.39, 0.29) is 24.3 Å². The lowest BCUT2D eigenvalue weighted by Gasteiger charge is -2.43. The highest BCUT2D eigenvalue weighted by molar-refractivity contribution is 7.12. The van der Waals surface area contributed by atoms with E-state index in [1.54, 1.807) is 4.90 Å². The lowest BCUT2D eigenvalue weighted by molar-refractivity contribution is -0.137. The molecule has 3 amide bonds. The van der Waals surface area contributed by atoms with Crippen molar-refractivity contribution >= 4 is 34.7 Å². The first-order valence-electron chi connectivity index (χ1n) is 12.3. The fourth-order valence-electron chi connectivity index (χ4n) is 5.18. The van der Waals surface area contributed by atoms with Gasteiger partial charge in [0.05, 0.1) is 11.5 Å². The first-order valence-corrected chi connectivity index (χ1v) is 13.2. The molecule has 2 aliphatic heterocycles. The van der Waals surface area contributed by atoms with Crippen molar-refractivity contribution in [2.24, 2.45) is 0 Å². The van der Waals surface area contributed by atoms with Crippen LogP contribution in [0.2, 0.25) is 0 Å². The van der Waals surface area contributed by atoms with Crippen LogP contribution in [-0.2, 0) is 16.0 Å². The second-order valence-corrected chi connectivity index (χ2v) is 10.2. The molecule has 5 rings (SSSR count). The summed E-state index contributed by atoms with van der Waals surface area (Å²) >= 11 is 1.44. The molecule has 0 bridgehead atoms. The molecule has 3 aromatic rings. The maximum atomic E-state index is 13.8. The number of carbonyl (C=O) groups is 3. The Morgan fingerprint density at radius 3 is 2.28 bits per heavy atom. The zero-order valence-corrected chi connectivity index (χ0v) is 21.0. The van der Waals surface area contributed by atoms with Gasteiger partial charge in [-0.15, -0.1) is 11.3 Å². The molecule has 2 fully saturated rings. The van der Waals surface area contributed by atoms with E-state index in [2.05, 4.69) is 10.2 Å². The minimum atomic E-state index is -0.752. The average molecular weight is 503 g/mol. The largest absolute Gasteiger partial charge is 0.354 e. The summed E-state index contributed by atoms with van der Waals surface area (Å²) in [5.41, 5.74) is 1.36. The summed E-state index contributed by atoms with van der Waals surface area (Å²) in [6, 6.07) is 23.6. The smallest absolute Gasteiger partial charge is 0.263 e. The van der Waals surface area contributed by atoms with Crippen LogP contribution in [0, 0.1) is 0 Å². The number of para-hydroxylation sites is 1. The molecule has 3 heterocycles. The van der Waals surface area contributed by atoms with E-state index in [0.717, 1.165) is 22.5 Å². The molecule has 8 heteroatoms. The third-order valence-electron chi connectivity index (χ3n) is 7.10. The van der Waals surface area contributed by atoms with Crippen molar-refractivity contribution in [2.75, 3.05) is 37.7 Å². The summed E-state index contributed by atoms with van der Waals surface area (Å²) in [7, 11) is 0. The topological polar surface area (TPSA) is 73.0 Å². The van der Waals surface area contributed by atoms with Gasteiger partial charge in [-0.25, -0.2) is 0 Å². The Labute approximate surface area is 215 Å². The molecule has 7 nitrogen and oxygen atoms in total. The minimum Gasteiger partial charge on any atom is -0.354 e. The normalized spacial score (nSPS) is 17.0. The van der Waals surface area contributed by atoms with E-state index in [9.17, 15) is 14.4 Å². The number of nitrogens with zero attached hydrogens (tertiary/aromatic N) is 3. The fraction of sp³-hybridized carbons (Fsp3) is 0.321. The number of hydrogen-bond donors (Lipinski definition) is 1. The number of carbonyl (C=O) groups excluding carboxylic acids is 3. The first-order chi connectivity index (χ1) is 17.6. The molecule has 0 atom stereocenters. The monoisotopic (exact) mass is 502 g/mol. The summed E-state index contributed by atoms with van der Waals surface area (Å²) in [6.45, 7) is 1.91. The van der Waals surface area contributed by atoms with Gasteiger partial charge in [0.15, 0.2) is 0 Å². The van der Waals surface area contributed by atoms with Crippen LogP contribution in [0.15, 0.2) is 78.2 Å². The van der Waals surface area contributed by atoms with Gasteiger partial charge in [0.1, 0.15) is 12.1 Å². The van der Waals surface area contributed by atoms with Crippen LogP contribution in [0.1, 0.15) is 28.1 Å². The second-order valence-electron chi connectivity index (χ2n) is 9.29. The predicted molar refractivity (Wildman–Crippen MR) is 141 cm³/mol. The van der Waals surface area contributed by atoms with Crippen molar-refractivity contribution in [1.82, 2.24) is 15.1 Å². The van der Waals surface area contributed by atoms with Gasteiger partial charge >= 0.3 is 0 Å². The van der Waals surface area contributed by atoms with Crippen LogP contribution in [0.25, 0.3) is 0 Å². The van der Waals surface area contributed by atoms with Gasteiger partial charge < -0.3 is 20.0 Å². The number of nitrogens with one attached hydrogen (secondary N) is 1. The molecule has 186 valence electrons. The molecule has 1 aromatic heterocycles. The Kier molecular flexibility index (Phi) is 7.04. The number of thiophene rings is 1. The summed E-state index contributed by atoms with van der Waals surface area (Å²) < 4.78 is 0. The highest BCUT2D eigenvalue weighted by Gasteiger charge is 2.54. The molecule has 2 saturated heterocycles. The lowest BCUT2D eigenvalue weighted by atomic mass is 9.85. The fourth-order valence-corrected chi connectivity index (χ4v) is 5.87. The third-order valence-corrected chi connectivity index (χ3v) is 7.96. The molecule has 0 unspecified atom stereocenters. The van der Waals surface area contributed by atoms with Gasteiger partial charge in [-0.1, -0.05) is 54.6 Å². The minimum absolute atomic E-state index is 0.0196. The molecule has 36 heavy (non-hydrogen) atoms. The van der Waals surface area contributed by atoms with Crippen molar-refractivity contribution < 1.29 is 14.4 Å². The summed E-state index contributed by atoms with van der Waals surface area (Å²) in [4.78, 5) is 45.8. The highest BCUT2D eigenvalue weighted by Crippen LogP contribution is 2.39. The number of piperidine rings is 1. The predicted octanol–water partition coefficient (Wildman–Crippen LogP) is 3.39. The Balaban J connectivity index is 1.27. The maximum absolute atomic E-state index is 13.8. The molecular formula is C28H30N4O3S. The second kappa shape index (κ2) is 10.5. The molecule has 2 aliphatic rings. The summed E-state index contributed by atoms with van der Waals surface area (Å²) in [5, 5.41) is 4.86. The molecule has 2 aromatic carbocycles. The lowest BCUT2D eigenvalue weighted by Crippen LogP contribution is -2.57. The van der Waals surface area contributed by atoms with E-state index in [1.807, 2.05) is 83.1 Å².